The highest BCUT2D eigenvalue weighted by atomic mass is 32.1. The van der Waals surface area contributed by atoms with Gasteiger partial charge in [-0.05, 0) is 39.8 Å². The van der Waals surface area contributed by atoms with Crippen molar-refractivity contribution >= 4 is 23.2 Å². The topological polar surface area (TPSA) is 69.6 Å². The molecule has 0 aliphatic heterocycles. The number of nitrogens with one attached hydrogen (secondary N) is 1. The zero-order valence-electron chi connectivity index (χ0n) is 11.9. The number of nitrogens with zero attached hydrogens (tertiary/aromatic N) is 1. The molecule has 0 aromatic carbocycles. The number of rotatable bonds is 4. The summed E-state index contributed by atoms with van der Waals surface area (Å²) in [6, 6.07) is 3.18. The van der Waals surface area contributed by atoms with Crippen LogP contribution in [0.1, 0.15) is 30.5 Å². The monoisotopic (exact) mass is 284 g/mol. The normalized spacial score (nSPS) is 12.9. The molecule has 0 aliphatic rings. The van der Waals surface area contributed by atoms with Crippen LogP contribution in [0.3, 0.4) is 0 Å². The number of aryl methyl sites for hydroxylation is 1. The molecule has 0 fully saturated rings. The van der Waals surface area contributed by atoms with Gasteiger partial charge in [-0.25, -0.2) is 5.48 Å². The Kier molecular flexibility index (Phi) is 4.70. The van der Waals surface area contributed by atoms with Crippen LogP contribution >= 0.6 is 11.3 Å². The minimum Gasteiger partial charge on any atom is -0.333 e. The number of carbonyl (C=O) groups is 2. The zero-order valence-corrected chi connectivity index (χ0v) is 12.7. The lowest BCUT2D eigenvalue weighted by Gasteiger charge is -2.31. The average Bonchev–Trinajstić information content (AvgIpc) is 2.82. The third kappa shape index (κ3) is 3.13. The lowest BCUT2D eigenvalue weighted by atomic mass is 9.89. The molecule has 1 unspecified atom stereocenters. The van der Waals surface area contributed by atoms with Crippen LogP contribution in [0.25, 0.3) is 0 Å². The number of thiophene rings is 1. The molecule has 0 saturated heterocycles. The molecule has 6 heteroatoms. The molecule has 5 nitrogen and oxygen atoms in total. The van der Waals surface area contributed by atoms with Crippen LogP contribution in [0.5, 0.6) is 0 Å². The van der Waals surface area contributed by atoms with Crippen molar-refractivity contribution in [1.82, 2.24) is 10.4 Å². The van der Waals surface area contributed by atoms with Crippen molar-refractivity contribution in [2.24, 2.45) is 0 Å². The Morgan fingerprint density at radius 2 is 2.00 bits per heavy atom. The average molecular weight is 284 g/mol. The van der Waals surface area contributed by atoms with Gasteiger partial charge in [-0.1, -0.05) is 0 Å². The summed E-state index contributed by atoms with van der Waals surface area (Å²) in [5.74, 6) is -0.764. The minimum atomic E-state index is -0.724. The predicted octanol–water partition coefficient (Wildman–Crippen LogP) is 1.69. The first-order valence-electron chi connectivity index (χ1n) is 6.00. The van der Waals surface area contributed by atoms with E-state index in [1.54, 1.807) is 30.8 Å². The number of carbonyl (C=O) groups excluding carboxylic acids is 2. The van der Waals surface area contributed by atoms with Gasteiger partial charge in [0.05, 0.1) is 5.41 Å². The molecule has 0 radical (unpaired) electrons. The maximum atomic E-state index is 12.5. The number of amides is 2. The van der Waals surface area contributed by atoms with E-state index < -0.39 is 17.4 Å². The van der Waals surface area contributed by atoms with Crippen molar-refractivity contribution < 1.29 is 14.8 Å². The molecule has 1 aromatic rings. The first-order valence-corrected chi connectivity index (χ1v) is 6.81. The standard InChI is InChI=1S/C13H20N2O3S/c1-8-6-7-10(19-8)13(3,4)12(17)15(5)9(2)11(16)14-18/h6-7,9,18H,1-5H3,(H,14,16). The van der Waals surface area contributed by atoms with E-state index in [0.717, 1.165) is 9.75 Å². The molecular formula is C13H20N2O3S. The Labute approximate surface area is 117 Å². The van der Waals surface area contributed by atoms with Crippen LogP contribution in [-0.2, 0) is 15.0 Å². The van der Waals surface area contributed by atoms with Crippen LogP contribution in [-0.4, -0.2) is 35.0 Å². The summed E-state index contributed by atoms with van der Waals surface area (Å²) < 4.78 is 0. The van der Waals surface area contributed by atoms with E-state index in [4.69, 9.17) is 5.21 Å². The highest BCUT2D eigenvalue weighted by Crippen LogP contribution is 2.31. The smallest absolute Gasteiger partial charge is 0.265 e. The molecule has 0 spiro atoms. The van der Waals surface area contributed by atoms with E-state index in [9.17, 15) is 9.59 Å². The Morgan fingerprint density at radius 1 is 1.42 bits per heavy atom. The Morgan fingerprint density at radius 3 is 2.42 bits per heavy atom. The summed E-state index contributed by atoms with van der Waals surface area (Å²) in [5.41, 5.74) is 0.869. The van der Waals surface area contributed by atoms with Gasteiger partial charge in [0.15, 0.2) is 0 Å². The lowest BCUT2D eigenvalue weighted by Crippen LogP contribution is -2.50. The maximum absolute atomic E-state index is 12.5. The number of hydroxylamine groups is 1. The first kappa shape index (κ1) is 15.7. The van der Waals surface area contributed by atoms with Gasteiger partial charge in [0, 0.05) is 16.8 Å². The second-order valence-electron chi connectivity index (χ2n) is 5.10. The van der Waals surface area contributed by atoms with Gasteiger partial charge < -0.3 is 4.90 Å². The van der Waals surface area contributed by atoms with E-state index in [1.165, 1.54) is 4.90 Å². The molecule has 1 atom stereocenters. The van der Waals surface area contributed by atoms with Gasteiger partial charge in [-0.2, -0.15) is 0 Å². The molecule has 1 heterocycles. The van der Waals surface area contributed by atoms with Gasteiger partial charge in [-0.3, -0.25) is 14.8 Å². The van der Waals surface area contributed by atoms with E-state index >= 15 is 0 Å². The van der Waals surface area contributed by atoms with Crippen LogP contribution in [0.15, 0.2) is 12.1 Å². The highest BCUT2D eigenvalue weighted by Gasteiger charge is 2.36. The quantitative estimate of drug-likeness (QED) is 0.653. The SMILES string of the molecule is Cc1ccc(C(C)(C)C(=O)N(C)C(C)C(=O)NO)s1. The largest absolute Gasteiger partial charge is 0.333 e. The van der Waals surface area contributed by atoms with Crippen molar-refractivity contribution in [3.63, 3.8) is 0 Å². The lowest BCUT2D eigenvalue weighted by molar-refractivity contribution is -0.145. The fourth-order valence-corrected chi connectivity index (χ4v) is 2.72. The van der Waals surface area contributed by atoms with E-state index in [1.807, 2.05) is 32.9 Å². The van der Waals surface area contributed by atoms with Gasteiger partial charge in [0.1, 0.15) is 6.04 Å². The molecule has 2 N–H and O–H groups in total. The summed E-state index contributed by atoms with van der Waals surface area (Å²) in [4.78, 5) is 27.3. The molecule has 106 valence electrons. The second-order valence-corrected chi connectivity index (χ2v) is 6.39. The Balaban J connectivity index is 2.95. The van der Waals surface area contributed by atoms with Crippen molar-refractivity contribution in [1.29, 1.82) is 0 Å². The van der Waals surface area contributed by atoms with Crippen molar-refractivity contribution in [3.8, 4) is 0 Å². The fraction of sp³-hybridized carbons (Fsp3) is 0.538. The van der Waals surface area contributed by atoms with E-state index in [0.29, 0.717) is 0 Å². The zero-order chi connectivity index (χ0) is 14.8. The predicted molar refractivity (Wildman–Crippen MR) is 74.2 cm³/mol. The summed E-state index contributed by atoms with van der Waals surface area (Å²) in [7, 11) is 1.56. The highest BCUT2D eigenvalue weighted by molar-refractivity contribution is 7.12. The summed E-state index contributed by atoms with van der Waals surface area (Å²) in [5, 5.41) is 8.62. The third-order valence-electron chi connectivity index (χ3n) is 3.28. The van der Waals surface area contributed by atoms with E-state index in [2.05, 4.69) is 0 Å². The number of hydrogen-bond donors (Lipinski definition) is 2. The van der Waals surface area contributed by atoms with Gasteiger partial charge in [0.25, 0.3) is 5.91 Å². The molecule has 1 aromatic heterocycles. The molecule has 0 aliphatic carbocycles. The first-order chi connectivity index (χ1) is 8.71. The van der Waals surface area contributed by atoms with Crippen LogP contribution in [0.4, 0.5) is 0 Å². The number of hydrogen-bond acceptors (Lipinski definition) is 4. The Bertz CT molecular complexity index is 482. The number of likely N-dealkylation sites (N-methyl/N-ethyl adjacent to an activating group) is 1. The molecular weight excluding hydrogens is 264 g/mol. The van der Waals surface area contributed by atoms with Gasteiger partial charge in [-0.15, -0.1) is 11.3 Å². The van der Waals surface area contributed by atoms with Gasteiger partial charge >= 0.3 is 0 Å². The molecule has 0 bridgehead atoms. The molecule has 19 heavy (non-hydrogen) atoms. The molecule has 0 saturated carbocycles. The summed E-state index contributed by atoms with van der Waals surface area (Å²) in [6.07, 6.45) is 0. The summed E-state index contributed by atoms with van der Waals surface area (Å²) >= 11 is 1.57. The maximum Gasteiger partial charge on any atom is 0.265 e. The van der Waals surface area contributed by atoms with Crippen LogP contribution in [0, 0.1) is 6.92 Å². The Hall–Kier alpha value is -1.40. The van der Waals surface area contributed by atoms with Crippen LogP contribution in [0.2, 0.25) is 0 Å². The van der Waals surface area contributed by atoms with Crippen molar-refractivity contribution in [3.05, 3.63) is 21.9 Å². The van der Waals surface area contributed by atoms with Crippen molar-refractivity contribution in [2.75, 3.05) is 7.05 Å². The van der Waals surface area contributed by atoms with Crippen molar-refractivity contribution in [2.45, 2.75) is 39.2 Å². The molecule has 2 amide bonds. The minimum absolute atomic E-state index is 0.162. The van der Waals surface area contributed by atoms with Gasteiger partial charge in [0.2, 0.25) is 5.91 Å². The van der Waals surface area contributed by atoms with Crippen LogP contribution < -0.4 is 5.48 Å². The fourth-order valence-electron chi connectivity index (χ4n) is 1.76. The second kappa shape index (κ2) is 5.71. The summed E-state index contributed by atoms with van der Waals surface area (Å²) in [6.45, 7) is 7.22. The molecule has 1 rings (SSSR count). The van der Waals surface area contributed by atoms with E-state index in [-0.39, 0.29) is 5.91 Å². The third-order valence-corrected chi connectivity index (χ3v) is 4.61.